The summed E-state index contributed by atoms with van der Waals surface area (Å²) in [6.45, 7) is 4.09. The molecule has 0 aliphatic carbocycles. The summed E-state index contributed by atoms with van der Waals surface area (Å²) in [5, 5.41) is 11.7. The molecule has 1 aliphatic heterocycles. The molecule has 0 radical (unpaired) electrons. The second-order valence-corrected chi connectivity index (χ2v) is 6.58. The molecular weight excluding hydrogens is 344 g/mol. The van der Waals surface area contributed by atoms with E-state index in [-0.39, 0.29) is 10.6 Å². The number of hydrogen-bond donors (Lipinski definition) is 1. The highest BCUT2D eigenvalue weighted by Gasteiger charge is 2.19. The number of nitrogen functional groups attached to an aromatic ring is 1. The number of nitro benzene ring substituents is 1. The fourth-order valence-corrected chi connectivity index (χ4v) is 3.37. The molecule has 0 amide bonds. The Bertz CT molecular complexity index is 968. The first-order valence-electron chi connectivity index (χ1n) is 8.83. The number of rotatable bonds is 4. The zero-order valence-electron chi connectivity index (χ0n) is 14.8. The molecule has 1 fully saturated rings. The predicted molar refractivity (Wildman–Crippen MR) is 105 cm³/mol. The largest absolute Gasteiger partial charge is 0.383 e. The third-order valence-electron chi connectivity index (χ3n) is 4.84. The van der Waals surface area contributed by atoms with Gasteiger partial charge in [0.2, 0.25) is 0 Å². The van der Waals surface area contributed by atoms with Crippen LogP contribution in [0.4, 0.5) is 17.2 Å². The fraction of sp³-hybridized carbons (Fsp3) is 0.263. The third kappa shape index (κ3) is 3.65. The quantitative estimate of drug-likeness (QED) is 0.560. The van der Waals surface area contributed by atoms with Crippen LogP contribution < -0.4 is 10.6 Å². The zero-order chi connectivity index (χ0) is 18.8. The summed E-state index contributed by atoms with van der Waals surface area (Å²) in [6.07, 6.45) is 0. The Morgan fingerprint density at radius 3 is 2.41 bits per heavy atom. The van der Waals surface area contributed by atoms with E-state index < -0.39 is 0 Å². The van der Waals surface area contributed by atoms with Gasteiger partial charge in [-0.25, -0.2) is 9.97 Å². The van der Waals surface area contributed by atoms with Gasteiger partial charge in [-0.05, 0) is 24.3 Å². The van der Waals surface area contributed by atoms with Crippen molar-refractivity contribution in [3.8, 4) is 0 Å². The lowest BCUT2D eigenvalue weighted by Gasteiger charge is -2.35. The van der Waals surface area contributed by atoms with Crippen LogP contribution in [0, 0.1) is 10.1 Å². The molecule has 2 aromatic carbocycles. The lowest BCUT2D eigenvalue weighted by Crippen LogP contribution is -2.46. The Hall–Kier alpha value is -3.26. The molecule has 27 heavy (non-hydrogen) atoms. The molecule has 4 rings (SSSR count). The minimum Gasteiger partial charge on any atom is -0.383 e. The molecule has 0 atom stereocenters. The normalized spacial score (nSPS) is 15.2. The number of para-hydroxylation sites is 1. The first kappa shape index (κ1) is 17.2. The summed E-state index contributed by atoms with van der Waals surface area (Å²) in [6, 6.07) is 14.5. The summed E-state index contributed by atoms with van der Waals surface area (Å²) in [5.74, 6) is 1.25. The summed E-state index contributed by atoms with van der Waals surface area (Å²) in [4.78, 5) is 24.0. The second-order valence-electron chi connectivity index (χ2n) is 6.58. The van der Waals surface area contributed by atoms with Gasteiger partial charge in [0, 0.05) is 49.4 Å². The summed E-state index contributed by atoms with van der Waals surface area (Å²) < 4.78 is 0. The van der Waals surface area contributed by atoms with Gasteiger partial charge in [0.05, 0.1) is 17.0 Å². The Morgan fingerprint density at radius 1 is 1.00 bits per heavy atom. The van der Waals surface area contributed by atoms with E-state index in [0.29, 0.717) is 12.4 Å². The Morgan fingerprint density at radius 2 is 1.70 bits per heavy atom. The van der Waals surface area contributed by atoms with Crippen LogP contribution in [-0.4, -0.2) is 46.0 Å². The lowest BCUT2D eigenvalue weighted by atomic mass is 10.2. The molecule has 138 valence electrons. The predicted octanol–water partition coefficient (Wildman–Crippen LogP) is 2.44. The van der Waals surface area contributed by atoms with E-state index in [2.05, 4.69) is 19.8 Å². The molecule has 0 saturated carbocycles. The van der Waals surface area contributed by atoms with Gasteiger partial charge < -0.3 is 10.6 Å². The highest BCUT2D eigenvalue weighted by Crippen LogP contribution is 2.22. The molecule has 0 bridgehead atoms. The van der Waals surface area contributed by atoms with E-state index >= 15 is 0 Å². The molecule has 0 unspecified atom stereocenters. The van der Waals surface area contributed by atoms with Crippen molar-refractivity contribution in [2.24, 2.45) is 0 Å². The first-order chi connectivity index (χ1) is 13.1. The summed E-state index contributed by atoms with van der Waals surface area (Å²) in [7, 11) is 0. The van der Waals surface area contributed by atoms with Crippen LogP contribution in [0.15, 0.2) is 48.5 Å². The van der Waals surface area contributed by atoms with Crippen molar-refractivity contribution >= 4 is 28.1 Å². The number of hydrogen-bond acceptors (Lipinski definition) is 7. The van der Waals surface area contributed by atoms with Gasteiger partial charge >= 0.3 is 0 Å². The third-order valence-corrected chi connectivity index (χ3v) is 4.84. The molecule has 1 aliphatic rings. The maximum absolute atomic E-state index is 10.8. The molecule has 1 saturated heterocycles. The van der Waals surface area contributed by atoms with E-state index in [4.69, 9.17) is 5.73 Å². The number of aromatic nitrogens is 2. The number of benzene rings is 2. The monoisotopic (exact) mass is 364 g/mol. The van der Waals surface area contributed by atoms with Crippen LogP contribution in [-0.2, 0) is 6.54 Å². The van der Waals surface area contributed by atoms with E-state index in [9.17, 15) is 10.1 Å². The number of nitrogens with zero attached hydrogens (tertiary/aromatic N) is 5. The Balaban J connectivity index is 1.40. The van der Waals surface area contributed by atoms with E-state index in [1.165, 1.54) is 0 Å². The van der Waals surface area contributed by atoms with Gasteiger partial charge in [0.25, 0.3) is 5.69 Å². The molecular formula is C19H20N6O2. The molecule has 8 heteroatoms. The maximum atomic E-state index is 10.8. The van der Waals surface area contributed by atoms with Gasteiger partial charge in [-0.2, -0.15) is 0 Å². The van der Waals surface area contributed by atoms with E-state index in [0.717, 1.165) is 48.6 Å². The van der Waals surface area contributed by atoms with Crippen molar-refractivity contribution in [1.82, 2.24) is 14.9 Å². The minimum atomic E-state index is -0.378. The lowest BCUT2D eigenvalue weighted by molar-refractivity contribution is -0.384. The SMILES string of the molecule is Nc1nc(CN2CCN(c3ccc([N+](=O)[O-])cc3)CC2)nc2ccccc12. The molecule has 1 aromatic heterocycles. The smallest absolute Gasteiger partial charge is 0.269 e. The highest BCUT2D eigenvalue weighted by molar-refractivity contribution is 5.87. The van der Waals surface area contributed by atoms with Crippen molar-refractivity contribution in [3.05, 3.63) is 64.5 Å². The van der Waals surface area contributed by atoms with Crippen molar-refractivity contribution < 1.29 is 4.92 Å². The molecule has 0 spiro atoms. The van der Waals surface area contributed by atoms with Crippen molar-refractivity contribution in [2.75, 3.05) is 36.8 Å². The van der Waals surface area contributed by atoms with Gasteiger partial charge in [-0.15, -0.1) is 0 Å². The maximum Gasteiger partial charge on any atom is 0.269 e. The van der Waals surface area contributed by atoms with Crippen LogP contribution in [0.1, 0.15) is 5.82 Å². The zero-order valence-corrected chi connectivity index (χ0v) is 14.8. The van der Waals surface area contributed by atoms with Crippen LogP contribution in [0.3, 0.4) is 0 Å². The number of nitro groups is 1. The first-order valence-corrected chi connectivity index (χ1v) is 8.83. The minimum absolute atomic E-state index is 0.114. The highest BCUT2D eigenvalue weighted by atomic mass is 16.6. The molecule has 3 aromatic rings. The van der Waals surface area contributed by atoms with Gasteiger partial charge in [-0.3, -0.25) is 15.0 Å². The topological polar surface area (TPSA) is 101 Å². The van der Waals surface area contributed by atoms with Crippen LogP contribution in [0.5, 0.6) is 0 Å². The summed E-state index contributed by atoms with van der Waals surface area (Å²) >= 11 is 0. The second kappa shape index (κ2) is 7.16. The van der Waals surface area contributed by atoms with Crippen LogP contribution >= 0.6 is 0 Å². The summed E-state index contributed by atoms with van der Waals surface area (Å²) in [5.41, 5.74) is 8.05. The number of fused-ring (bicyclic) bond motifs is 1. The van der Waals surface area contributed by atoms with Crippen molar-refractivity contribution in [2.45, 2.75) is 6.54 Å². The van der Waals surface area contributed by atoms with Crippen LogP contribution in [0.25, 0.3) is 10.9 Å². The standard InChI is InChI=1S/C19H20N6O2/c20-19-16-3-1-2-4-17(16)21-18(22-19)13-23-9-11-24(12-10-23)14-5-7-15(8-6-14)25(26)27/h1-8H,9-13H2,(H2,20,21,22). The Labute approximate surface area is 156 Å². The average Bonchev–Trinajstić information content (AvgIpc) is 2.69. The van der Waals surface area contributed by atoms with Crippen molar-refractivity contribution in [1.29, 1.82) is 0 Å². The Kier molecular flexibility index (Phi) is 4.55. The van der Waals surface area contributed by atoms with E-state index in [1.807, 2.05) is 24.3 Å². The number of non-ortho nitro benzene ring substituents is 1. The fourth-order valence-electron chi connectivity index (χ4n) is 3.37. The van der Waals surface area contributed by atoms with Gasteiger partial charge in [0.15, 0.2) is 0 Å². The van der Waals surface area contributed by atoms with Crippen LogP contribution in [0.2, 0.25) is 0 Å². The van der Waals surface area contributed by atoms with Gasteiger partial charge in [-0.1, -0.05) is 12.1 Å². The number of anilines is 2. The number of nitrogens with two attached hydrogens (primary N) is 1. The van der Waals surface area contributed by atoms with Gasteiger partial charge in [0.1, 0.15) is 11.6 Å². The molecule has 2 heterocycles. The van der Waals surface area contributed by atoms with Crippen molar-refractivity contribution in [3.63, 3.8) is 0 Å². The van der Waals surface area contributed by atoms with E-state index in [1.54, 1.807) is 24.3 Å². The number of piperazine rings is 1. The molecule has 2 N–H and O–H groups in total. The molecule has 8 nitrogen and oxygen atoms in total. The average molecular weight is 364 g/mol.